The van der Waals surface area contributed by atoms with Crippen molar-refractivity contribution in [1.82, 2.24) is 10.2 Å². The first kappa shape index (κ1) is 33.9. The van der Waals surface area contributed by atoms with Gasteiger partial charge >= 0.3 is 0 Å². The number of halogens is 2. The normalized spacial score (nSPS) is 14.4. The molecule has 1 aliphatic rings. The van der Waals surface area contributed by atoms with E-state index in [1.54, 1.807) is 18.1 Å². The molecule has 1 aliphatic carbocycles. The molecule has 242 valence electrons. The predicted molar refractivity (Wildman–Crippen MR) is 170 cm³/mol. The van der Waals surface area contributed by atoms with Crippen molar-refractivity contribution in [2.75, 3.05) is 24.2 Å². The van der Waals surface area contributed by atoms with Crippen LogP contribution in [-0.4, -0.2) is 57.1 Å². The summed E-state index contributed by atoms with van der Waals surface area (Å²) >= 11 is 0. The van der Waals surface area contributed by atoms with Gasteiger partial charge in [0.25, 0.3) is 0 Å². The smallest absolute Gasteiger partial charge is 0.243 e. The Hall–Kier alpha value is -3.99. The Morgan fingerprint density at radius 2 is 1.64 bits per heavy atom. The standard InChI is InChI=1S/C34H41F2N3O5S/c1-44-29-16-9-13-26(21-29)24-38(32(22-25-11-5-3-6-12-25)34(41)37-27-14-7-4-8-15-27)33(40)17-10-20-39(45(2,42)43)28-18-19-30(35)31(36)23-28/h3,5-6,9,11-13,16,18-19,21,23,27,32H,4,7-8,10,14-15,17,20,22,24H2,1-2H3,(H,37,41)/t32-/m0/s1. The van der Waals surface area contributed by atoms with Gasteiger partial charge in [0.05, 0.1) is 19.1 Å². The molecule has 0 radical (unpaired) electrons. The molecule has 0 heterocycles. The van der Waals surface area contributed by atoms with Crippen LogP contribution in [0.3, 0.4) is 0 Å². The van der Waals surface area contributed by atoms with E-state index in [-0.39, 0.29) is 49.5 Å². The molecule has 0 bridgehead atoms. The average Bonchev–Trinajstić information content (AvgIpc) is 3.02. The summed E-state index contributed by atoms with van der Waals surface area (Å²) in [5.74, 6) is -2.22. The van der Waals surface area contributed by atoms with E-state index < -0.39 is 27.7 Å². The van der Waals surface area contributed by atoms with Crippen molar-refractivity contribution >= 4 is 27.5 Å². The highest BCUT2D eigenvalue weighted by Crippen LogP contribution is 2.24. The number of ether oxygens (including phenoxy) is 1. The number of nitrogens with one attached hydrogen (secondary N) is 1. The van der Waals surface area contributed by atoms with E-state index in [9.17, 15) is 26.8 Å². The van der Waals surface area contributed by atoms with Crippen LogP contribution in [0.4, 0.5) is 14.5 Å². The van der Waals surface area contributed by atoms with Crippen LogP contribution in [0.2, 0.25) is 0 Å². The van der Waals surface area contributed by atoms with Gasteiger partial charge in [0, 0.05) is 38.0 Å². The van der Waals surface area contributed by atoms with Gasteiger partial charge in [0.15, 0.2) is 11.6 Å². The van der Waals surface area contributed by atoms with Gasteiger partial charge in [-0.2, -0.15) is 0 Å². The lowest BCUT2D eigenvalue weighted by Crippen LogP contribution is -2.52. The molecule has 1 saturated carbocycles. The second-order valence-corrected chi connectivity index (χ2v) is 13.4. The number of carbonyl (C=O) groups excluding carboxylic acids is 2. The van der Waals surface area contributed by atoms with E-state index in [2.05, 4.69) is 5.32 Å². The molecule has 11 heteroatoms. The molecule has 1 atom stereocenters. The SMILES string of the molecule is COc1cccc(CN(C(=O)CCCN(c2ccc(F)c(F)c2)S(C)(=O)=O)[C@@H](Cc2ccccc2)C(=O)NC2CCCCC2)c1. The highest BCUT2D eigenvalue weighted by Gasteiger charge is 2.32. The van der Waals surface area contributed by atoms with Crippen molar-refractivity contribution in [2.24, 2.45) is 0 Å². The maximum atomic E-state index is 14.0. The first-order valence-corrected chi connectivity index (χ1v) is 17.1. The van der Waals surface area contributed by atoms with Gasteiger partial charge in [0.2, 0.25) is 21.8 Å². The fraction of sp³-hybridized carbons (Fsp3) is 0.412. The first-order chi connectivity index (χ1) is 21.5. The highest BCUT2D eigenvalue weighted by molar-refractivity contribution is 7.92. The molecular weight excluding hydrogens is 600 g/mol. The molecule has 3 aromatic carbocycles. The molecule has 1 fully saturated rings. The summed E-state index contributed by atoms with van der Waals surface area (Å²) in [5, 5.41) is 3.20. The number of carbonyl (C=O) groups is 2. The number of hydrogen-bond donors (Lipinski definition) is 1. The maximum Gasteiger partial charge on any atom is 0.243 e. The predicted octanol–water partition coefficient (Wildman–Crippen LogP) is 5.61. The van der Waals surface area contributed by atoms with E-state index in [1.165, 1.54) is 6.07 Å². The Balaban J connectivity index is 1.61. The Labute approximate surface area is 264 Å². The van der Waals surface area contributed by atoms with E-state index in [1.807, 2.05) is 48.5 Å². The van der Waals surface area contributed by atoms with E-state index in [4.69, 9.17) is 4.74 Å². The average molecular weight is 642 g/mol. The Bertz CT molecular complexity index is 1550. The zero-order valence-electron chi connectivity index (χ0n) is 25.8. The van der Waals surface area contributed by atoms with Gasteiger partial charge < -0.3 is 15.0 Å². The number of sulfonamides is 1. The summed E-state index contributed by atoms with van der Waals surface area (Å²) in [5.41, 5.74) is 1.63. The number of hydrogen-bond acceptors (Lipinski definition) is 5. The summed E-state index contributed by atoms with van der Waals surface area (Å²) in [6.45, 7) is -0.00908. The third kappa shape index (κ3) is 9.75. The van der Waals surface area contributed by atoms with Crippen LogP contribution in [0.15, 0.2) is 72.8 Å². The largest absolute Gasteiger partial charge is 0.497 e. The van der Waals surface area contributed by atoms with Crippen molar-refractivity contribution in [3.8, 4) is 5.75 Å². The number of nitrogens with zero attached hydrogens (tertiary/aromatic N) is 2. The highest BCUT2D eigenvalue weighted by atomic mass is 32.2. The van der Waals surface area contributed by atoms with E-state index >= 15 is 0 Å². The number of anilines is 1. The molecule has 0 aromatic heterocycles. The summed E-state index contributed by atoms with van der Waals surface area (Å²) in [7, 11) is -2.31. The summed E-state index contributed by atoms with van der Waals surface area (Å²) < 4.78 is 59.0. The molecule has 8 nitrogen and oxygen atoms in total. The number of rotatable bonds is 14. The Kier molecular flexibility index (Phi) is 11.9. The first-order valence-electron chi connectivity index (χ1n) is 15.2. The van der Waals surface area contributed by atoms with Gasteiger partial charge in [-0.25, -0.2) is 17.2 Å². The van der Waals surface area contributed by atoms with Crippen molar-refractivity contribution in [3.05, 3.63) is 95.6 Å². The van der Waals surface area contributed by atoms with Crippen LogP contribution in [0.1, 0.15) is 56.1 Å². The molecule has 1 N–H and O–H groups in total. The zero-order valence-corrected chi connectivity index (χ0v) is 26.6. The Morgan fingerprint density at radius 1 is 0.933 bits per heavy atom. The lowest BCUT2D eigenvalue weighted by Gasteiger charge is -2.34. The summed E-state index contributed by atoms with van der Waals surface area (Å²) in [6.07, 6.45) is 6.25. The summed E-state index contributed by atoms with van der Waals surface area (Å²) in [4.78, 5) is 29.5. The number of methoxy groups -OCH3 is 1. The lowest BCUT2D eigenvalue weighted by molar-refractivity contribution is -0.141. The van der Waals surface area contributed by atoms with Crippen LogP contribution in [-0.2, 0) is 32.6 Å². The third-order valence-electron chi connectivity index (χ3n) is 8.05. The maximum absolute atomic E-state index is 14.0. The van der Waals surface area contributed by atoms with E-state index in [0.717, 1.165) is 65.9 Å². The van der Waals surface area contributed by atoms with Crippen molar-refractivity contribution in [2.45, 2.75) is 70.0 Å². The Morgan fingerprint density at radius 3 is 2.31 bits per heavy atom. The molecule has 0 aliphatic heterocycles. The molecular formula is C34H41F2N3O5S. The second kappa shape index (κ2) is 15.8. The third-order valence-corrected chi connectivity index (χ3v) is 9.25. The van der Waals surface area contributed by atoms with Gasteiger partial charge in [-0.15, -0.1) is 0 Å². The quantitative estimate of drug-likeness (QED) is 0.247. The minimum Gasteiger partial charge on any atom is -0.497 e. The fourth-order valence-corrected chi connectivity index (χ4v) is 6.67. The monoisotopic (exact) mass is 641 g/mol. The van der Waals surface area contributed by atoms with Gasteiger partial charge in [0.1, 0.15) is 11.8 Å². The second-order valence-electron chi connectivity index (χ2n) is 11.5. The minimum absolute atomic E-state index is 0.0362. The molecule has 3 aromatic rings. The van der Waals surface area contributed by atoms with Gasteiger partial charge in [-0.1, -0.05) is 61.7 Å². The molecule has 2 amide bonds. The van der Waals surface area contributed by atoms with Crippen molar-refractivity contribution in [1.29, 1.82) is 0 Å². The van der Waals surface area contributed by atoms with Crippen LogP contribution in [0.5, 0.6) is 5.75 Å². The summed E-state index contributed by atoms with van der Waals surface area (Å²) in [6, 6.07) is 18.9. The zero-order chi connectivity index (χ0) is 32.4. The number of amides is 2. The fourth-order valence-electron chi connectivity index (χ4n) is 5.71. The lowest BCUT2D eigenvalue weighted by atomic mass is 9.94. The minimum atomic E-state index is -3.87. The number of benzene rings is 3. The molecule has 0 spiro atoms. The van der Waals surface area contributed by atoms with E-state index in [0.29, 0.717) is 12.2 Å². The molecule has 45 heavy (non-hydrogen) atoms. The van der Waals surface area contributed by atoms with Crippen molar-refractivity contribution in [3.63, 3.8) is 0 Å². The topological polar surface area (TPSA) is 96.0 Å². The molecule has 0 unspecified atom stereocenters. The van der Waals surface area contributed by atoms with Gasteiger partial charge in [-0.05, 0) is 54.7 Å². The van der Waals surface area contributed by atoms with Crippen LogP contribution >= 0.6 is 0 Å². The van der Waals surface area contributed by atoms with Crippen LogP contribution in [0, 0.1) is 11.6 Å². The van der Waals surface area contributed by atoms with Crippen LogP contribution < -0.4 is 14.4 Å². The molecule has 0 saturated heterocycles. The van der Waals surface area contributed by atoms with Crippen LogP contribution in [0.25, 0.3) is 0 Å². The van der Waals surface area contributed by atoms with Crippen molar-refractivity contribution < 1.29 is 31.5 Å². The molecule has 4 rings (SSSR count). The van der Waals surface area contributed by atoms with Gasteiger partial charge in [-0.3, -0.25) is 13.9 Å².